The standard InChI is InChI=1S/C15H16N4O/c1-19-14-7-3-2-6-12(14)13(9-15(19)20)16-10-11-5-4-8-17-18-11/h2-8,13,16H,9-10H2,1H3. The molecule has 0 spiro atoms. The number of rotatable bonds is 3. The number of amides is 1. The van der Waals surface area contributed by atoms with Crippen LogP contribution in [0.2, 0.25) is 0 Å². The minimum atomic E-state index is 0.0249. The molecule has 102 valence electrons. The van der Waals surface area contributed by atoms with Gasteiger partial charge in [0.1, 0.15) is 0 Å². The van der Waals surface area contributed by atoms with Crippen molar-refractivity contribution in [3.63, 3.8) is 0 Å². The summed E-state index contributed by atoms with van der Waals surface area (Å²) in [6.07, 6.45) is 2.12. The van der Waals surface area contributed by atoms with Gasteiger partial charge in [0.25, 0.3) is 0 Å². The van der Waals surface area contributed by atoms with Crippen LogP contribution in [0.3, 0.4) is 0 Å². The molecular formula is C15H16N4O. The number of carbonyl (C=O) groups excluding carboxylic acids is 1. The van der Waals surface area contributed by atoms with E-state index in [0.717, 1.165) is 16.9 Å². The summed E-state index contributed by atoms with van der Waals surface area (Å²) in [7, 11) is 1.82. The topological polar surface area (TPSA) is 58.1 Å². The van der Waals surface area contributed by atoms with E-state index in [4.69, 9.17) is 0 Å². The van der Waals surface area contributed by atoms with Crippen molar-refractivity contribution in [2.24, 2.45) is 0 Å². The minimum absolute atomic E-state index is 0.0249. The van der Waals surface area contributed by atoms with Crippen LogP contribution in [0, 0.1) is 0 Å². The fourth-order valence-corrected chi connectivity index (χ4v) is 2.48. The van der Waals surface area contributed by atoms with Crippen molar-refractivity contribution in [2.45, 2.75) is 19.0 Å². The largest absolute Gasteiger partial charge is 0.315 e. The quantitative estimate of drug-likeness (QED) is 0.920. The minimum Gasteiger partial charge on any atom is -0.315 e. The summed E-state index contributed by atoms with van der Waals surface area (Å²) in [5.74, 6) is 0.125. The Hall–Kier alpha value is -2.27. The molecule has 1 aromatic carbocycles. The number of para-hydroxylation sites is 1. The number of nitrogens with zero attached hydrogens (tertiary/aromatic N) is 3. The maximum atomic E-state index is 12.0. The summed E-state index contributed by atoms with van der Waals surface area (Å²) in [4.78, 5) is 13.8. The molecule has 20 heavy (non-hydrogen) atoms. The number of fused-ring (bicyclic) bond motifs is 1. The average Bonchev–Trinajstić information content (AvgIpc) is 2.50. The molecule has 0 aliphatic carbocycles. The highest BCUT2D eigenvalue weighted by atomic mass is 16.2. The van der Waals surface area contributed by atoms with Crippen LogP contribution in [-0.2, 0) is 11.3 Å². The molecule has 1 unspecified atom stereocenters. The number of hydrogen-bond donors (Lipinski definition) is 1. The van der Waals surface area contributed by atoms with E-state index in [-0.39, 0.29) is 11.9 Å². The lowest BCUT2D eigenvalue weighted by Gasteiger charge is -2.32. The zero-order chi connectivity index (χ0) is 13.9. The number of benzene rings is 1. The molecule has 0 saturated carbocycles. The predicted octanol–water partition coefficient (Wildman–Crippen LogP) is 1.67. The summed E-state index contributed by atoms with van der Waals surface area (Å²) in [6, 6.07) is 11.8. The van der Waals surface area contributed by atoms with E-state index in [1.807, 2.05) is 37.4 Å². The lowest BCUT2D eigenvalue weighted by Crippen LogP contribution is -2.37. The van der Waals surface area contributed by atoms with Gasteiger partial charge >= 0.3 is 0 Å². The first-order valence-electron chi connectivity index (χ1n) is 6.61. The van der Waals surface area contributed by atoms with Crippen LogP contribution in [0.1, 0.15) is 23.7 Å². The van der Waals surface area contributed by atoms with E-state index in [9.17, 15) is 4.79 Å². The van der Waals surface area contributed by atoms with Gasteiger partial charge in [-0.1, -0.05) is 18.2 Å². The number of carbonyl (C=O) groups is 1. The van der Waals surface area contributed by atoms with Gasteiger partial charge in [0.05, 0.1) is 5.69 Å². The molecule has 2 aromatic rings. The number of anilines is 1. The summed E-state index contributed by atoms with van der Waals surface area (Å²) >= 11 is 0. The third-order valence-electron chi connectivity index (χ3n) is 3.58. The van der Waals surface area contributed by atoms with E-state index < -0.39 is 0 Å². The molecule has 1 amide bonds. The molecule has 1 atom stereocenters. The van der Waals surface area contributed by atoms with Gasteiger partial charge in [0, 0.05) is 37.9 Å². The Balaban J connectivity index is 1.80. The van der Waals surface area contributed by atoms with Crippen molar-refractivity contribution in [3.05, 3.63) is 53.9 Å². The molecule has 0 bridgehead atoms. The molecule has 3 rings (SSSR count). The van der Waals surface area contributed by atoms with Crippen molar-refractivity contribution in [1.82, 2.24) is 15.5 Å². The first kappa shape index (κ1) is 12.7. The van der Waals surface area contributed by atoms with Crippen LogP contribution >= 0.6 is 0 Å². The maximum absolute atomic E-state index is 12.0. The Morgan fingerprint density at radius 3 is 2.95 bits per heavy atom. The van der Waals surface area contributed by atoms with Gasteiger partial charge in [-0.15, -0.1) is 0 Å². The average molecular weight is 268 g/mol. The van der Waals surface area contributed by atoms with Crippen LogP contribution in [0.15, 0.2) is 42.6 Å². The van der Waals surface area contributed by atoms with E-state index in [1.165, 1.54) is 0 Å². The third kappa shape index (κ3) is 2.40. The molecule has 5 nitrogen and oxygen atoms in total. The highest BCUT2D eigenvalue weighted by Crippen LogP contribution is 2.33. The SMILES string of the molecule is CN1C(=O)CC(NCc2cccnn2)c2ccccc21. The van der Waals surface area contributed by atoms with Gasteiger partial charge in [-0.25, -0.2) is 0 Å². The first-order chi connectivity index (χ1) is 9.75. The molecule has 1 aromatic heterocycles. The molecule has 5 heteroatoms. The zero-order valence-electron chi connectivity index (χ0n) is 11.3. The van der Waals surface area contributed by atoms with Crippen molar-refractivity contribution >= 4 is 11.6 Å². The normalized spacial score (nSPS) is 17.9. The fourth-order valence-electron chi connectivity index (χ4n) is 2.48. The molecule has 1 aliphatic rings. The van der Waals surface area contributed by atoms with Gasteiger partial charge in [0.2, 0.25) is 5.91 Å². The highest BCUT2D eigenvalue weighted by Gasteiger charge is 2.28. The third-order valence-corrected chi connectivity index (χ3v) is 3.58. The van der Waals surface area contributed by atoms with E-state index >= 15 is 0 Å². The zero-order valence-corrected chi connectivity index (χ0v) is 11.3. The number of nitrogens with one attached hydrogen (secondary N) is 1. The van der Waals surface area contributed by atoms with Crippen LogP contribution in [0.5, 0.6) is 0 Å². The second kappa shape index (κ2) is 5.38. The Morgan fingerprint density at radius 2 is 2.15 bits per heavy atom. The smallest absolute Gasteiger partial charge is 0.228 e. The summed E-state index contributed by atoms with van der Waals surface area (Å²) in [5, 5.41) is 11.3. The summed E-state index contributed by atoms with van der Waals surface area (Å²) < 4.78 is 0. The highest BCUT2D eigenvalue weighted by molar-refractivity contribution is 5.96. The molecule has 0 saturated heterocycles. The second-order valence-corrected chi connectivity index (χ2v) is 4.86. The summed E-state index contributed by atoms with van der Waals surface area (Å²) in [6.45, 7) is 0.601. The van der Waals surface area contributed by atoms with Gasteiger partial charge in [0.15, 0.2) is 0 Å². The Morgan fingerprint density at radius 1 is 1.30 bits per heavy atom. The van der Waals surface area contributed by atoms with Crippen LogP contribution < -0.4 is 10.2 Å². The summed E-state index contributed by atoms with van der Waals surface area (Å²) in [5.41, 5.74) is 3.00. The van der Waals surface area contributed by atoms with Crippen LogP contribution in [-0.4, -0.2) is 23.2 Å². The van der Waals surface area contributed by atoms with Crippen molar-refractivity contribution in [2.75, 3.05) is 11.9 Å². The van der Waals surface area contributed by atoms with E-state index in [0.29, 0.717) is 13.0 Å². The van der Waals surface area contributed by atoms with Gasteiger partial charge in [-0.3, -0.25) is 4.79 Å². The number of hydrogen-bond acceptors (Lipinski definition) is 4. The first-order valence-corrected chi connectivity index (χ1v) is 6.61. The molecule has 2 heterocycles. The monoisotopic (exact) mass is 268 g/mol. The molecular weight excluding hydrogens is 252 g/mol. The van der Waals surface area contributed by atoms with E-state index in [1.54, 1.807) is 11.1 Å². The van der Waals surface area contributed by atoms with Crippen molar-refractivity contribution in [1.29, 1.82) is 0 Å². The fraction of sp³-hybridized carbons (Fsp3) is 0.267. The second-order valence-electron chi connectivity index (χ2n) is 4.86. The van der Waals surface area contributed by atoms with E-state index in [2.05, 4.69) is 21.6 Å². The Labute approximate surface area is 117 Å². The Kier molecular flexibility index (Phi) is 3.43. The lowest BCUT2D eigenvalue weighted by atomic mass is 9.96. The predicted molar refractivity (Wildman–Crippen MR) is 76.1 cm³/mol. The molecule has 1 N–H and O–H groups in total. The maximum Gasteiger partial charge on any atom is 0.228 e. The van der Waals surface area contributed by atoms with Crippen LogP contribution in [0.25, 0.3) is 0 Å². The molecule has 1 aliphatic heterocycles. The molecule has 0 radical (unpaired) electrons. The lowest BCUT2D eigenvalue weighted by molar-refractivity contribution is -0.119. The van der Waals surface area contributed by atoms with Crippen molar-refractivity contribution < 1.29 is 4.79 Å². The van der Waals surface area contributed by atoms with Crippen molar-refractivity contribution in [3.8, 4) is 0 Å². The van der Waals surface area contributed by atoms with Gasteiger partial charge in [-0.05, 0) is 23.8 Å². The van der Waals surface area contributed by atoms with Gasteiger partial charge < -0.3 is 10.2 Å². The van der Waals surface area contributed by atoms with Gasteiger partial charge in [-0.2, -0.15) is 10.2 Å². The number of aromatic nitrogens is 2. The van der Waals surface area contributed by atoms with Crippen LogP contribution in [0.4, 0.5) is 5.69 Å². The Bertz CT molecular complexity index is 614. The molecule has 0 fully saturated rings.